The van der Waals surface area contributed by atoms with Crippen LogP contribution >= 0.6 is 12.2 Å². The minimum atomic E-state index is 0.530. The lowest BCUT2D eigenvalue weighted by molar-refractivity contribution is 0.0389. The molecule has 6 nitrogen and oxygen atoms in total. The molecule has 1 aliphatic heterocycles. The molecule has 1 aromatic carbocycles. The SMILES string of the molecule is CCCOc1ccc(/C=N/NC(=S)NCCN2CCOCC2)cc1. The second-order valence-corrected chi connectivity index (χ2v) is 5.91. The van der Waals surface area contributed by atoms with Crippen LogP contribution in [0.15, 0.2) is 29.4 Å². The summed E-state index contributed by atoms with van der Waals surface area (Å²) in [6.45, 7) is 8.17. The topological polar surface area (TPSA) is 58.1 Å². The molecule has 0 aromatic heterocycles. The molecule has 0 bridgehead atoms. The summed E-state index contributed by atoms with van der Waals surface area (Å²) in [7, 11) is 0. The monoisotopic (exact) mass is 350 g/mol. The van der Waals surface area contributed by atoms with E-state index < -0.39 is 0 Å². The number of nitrogens with one attached hydrogen (secondary N) is 2. The lowest BCUT2D eigenvalue weighted by Gasteiger charge is -2.26. The molecule has 0 amide bonds. The van der Waals surface area contributed by atoms with Crippen molar-refractivity contribution in [1.29, 1.82) is 0 Å². The molecule has 1 heterocycles. The van der Waals surface area contributed by atoms with Gasteiger partial charge in [-0.25, -0.2) is 0 Å². The van der Waals surface area contributed by atoms with Crippen LogP contribution in [-0.4, -0.2) is 62.2 Å². The number of thiocarbonyl (C=S) groups is 1. The molecular weight excluding hydrogens is 324 g/mol. The zero-order chi connectivity index (χ0) is 17.0. The quantitative estimate of drug-likeness (QED) is 0.422. The molecule has 0 unspecified atom stereocenters. The largest absolute Gasteiger partial charge is 0.494 e. The standard InChI is InChI=1S/C17H26N4O2S/c1-2-11-23-16-5-3-15(4-6-16)14-19-20-17(24)18-7-8-21-9-12-22-13-10-21/h3-6,14H,2,7-13H2,1H3,(H2,18,20,24)/b19-14+. The van der Waals surface area contributed by atoms with E-state index in [1.807, 2.05) is 24.3 Å². The van der Waals surface area contributed by atoms with Crippen LogP contribution in [0.4, 0.5) is 0 Å². The number of hydrazone groups is 1. The van der Waals surface area contributed by atoms with Crippen LogP contribution in [-0.2, 0) is 4.74 Å². The number of ether oxygens (including phenoxy) is 2. The first-order valence-electron chi connectivity index (χ1n) is 8.38. The van der Waals surface area contributed by atoms with Crippen molar-refractivity contribution in [1.82, 2.24) is 15.6 Å². The number of hydrogen-bond acceptors (Lipinski definition) is 5. The Balaban J connectivity index is 1.62. The Labute approximate surface area is 149 Å². The molecule has 0 radical (unpaired) electrons. The summed E-state index contributed by atoms with van der Waals surface area (Å²) in [5.74, 6) is 0.877. The van der Waals surface area contributed by atoms with Crippen molar-refractivity contribution >= 4 is 23.5 Å². The predicted molar refractivity (Wildman–Crippen MR) is 101 cm³/mol. The molecule has 2 N–H and O–H groups in total. The van der Waals surface area contributed by atoms with E-state index in [1.54, 1.807) is 6.21 Å². The third kappa shape index (κ3) is 7.25. The smallest absolute Gasteiger partial charge is 0.187 e. The zero-order valence-corrected chi connectivity index (χ0v) is 15.0. The van der Waals surface area contributed by atoms with Gasteiger partial charge in [0.25, 0.3) is 0 Å². The summed E-state index contributed by atoms with van der Waals surface area (Å²) < 4.78 is 10.9. The average molecular weight is 350 g/mol. The maximum absolute atomic E-state index is 5.54. The Morgan fingerprint density at radius 2 is 2.08 bits per heavy atom. The lowest BCUT2D eigenvalue weighted by Crippen LogP contribution is -2.42. The van der Waals surface area contributed by atoms with Gasteiger partial charge in [0.15, 0.2) is 5.11 Å². The normalized spacial score (nSPS) is 15.4. The summed E-state index contributed by atoms with van der Waals surface area (Å²) in [5.41, 5.74) is 3.82. The van der Waals surface area contributed by atoms with E-state index in [1.165, 1.54) is 0 Å². The van der Waals surface area contributed by atoms with Crippen LogP contribution in [0, 0.1) is 0 Å². The van der Waals surface area contributed by atoms with Crippen molar-refractivity contribution in [3.05, 3.63) is 29.8 Å². The summed E-state index contributed by atoms with van der Waals surface area (Å²) in [6, 6.07) is 7.81. The predicted octanol–water partition coefficient (Wildman–Crippen LogP) is 1.61. The van der Waals surface area contributed by atoms with Gasteiger partial charge >= 0.3 is 0 Å². The minimum Gasteiger partial charge on any atom is -0.494 e. The van der Waals surface area contributed by atoms with Gasteiger partial charge in [-0.1, -0.05) is 6.92 Å². The third-order valence-electron chi connectivity index (χ3n) is 3.55. The third-order valence-corrected chi connectivity index (χ3v) is 3.79. The maximum Gasteiger partial charge on any atom is 0.187 e. The van der Waals surface area contributed by atoms with Crippen LogP contribution in [0.1, 0.15) is 18.9 Å². The number of benzene rings is 1. The van der Waals surface area contributed by atoms with Crippen molar-refractivity contribution in [2.75, 3.05) is 46.0 Å². The Morgan fingerprint density at radius 1 is 1.33 bits per heavy atom. The van der Waals surface area contributed by atoms with Gasteiger partial charge in [-0.3, -0.25) is 10.3 Å². The van der Waals surface area contributed by atoms with Gasteiger partial charge in [0.1, 0.15) is 5.75 Å². The molecule has 1 aliphatic rings. The molecule has 0 spiro atoms. The molecule has 0 saturated carbocycles. The number of hydrogen-bond donors (Lipinski definition) is 2. The second-order valence-electron chi connectivity index (χ2n) is 5.50. The second kappa shape index (κ2) is 11.0. The highest BCUT2D eigenvalue weighted by Gasteiger charge is 2.09. The summed E-state index contributed by atoms with van der Waals surface area (Å²) in [4.78, 5) is 2.35. The van der Waals surface area contributed by atoms with Crippen molar-refractivity contribution in [2.24, 2.45) is 5.10 Å². The number of nitrogens with zero attached hydrogens (tertiary/aromatic N) is 2. The molecule has 1 aromatic rings. The Morgan fingerprint density at radius 3 is 2.79 bits per heavy atom. The fourth-order valence-electron chi connectivity index (χ4n) is 2.23. The Kier molecular flexibility index (Phi) is 8.51. The summed E-state index contributed by atoms with van der Waals surface area (Å²) in [5, 5.41) is 7.83. The van der Waals surface area contributed by atoms with Gasteiger partial charge in [0.05, 0.1) is 26.0 Å². The van der Waals surface area contributed by atoms with Crippen LogP contribution in [0.2, 0.25) is 0 Å². The average Bonchev–Trinajstić information content (AvgIpc) is 2.62. The van der Waals surface area contributed by atoms with Gasteiger partial charge < -0.3 is 14.8 Å². The molecule has 1 fully saturated rings. The lowest BCUT2D eigenvalue weighted by atomic mass is 10.2. The fraction of sp³-hybridized carbons (Fsp3) is 0.529. The van der Waals surface area contributed by atoms with Crippen molar-refractivity contribution < 1.29 is 9.47 Å². The summed E-state index contributed by atoms with van der Waals surface area (Å²) >= 11 is 5.21. The van der Waals surface area contributed by atoms with E-state index in [0.29, 0.717) is 5.11 Å². The number of rotatable bonds is 8. The molecule has 0 aliphatic carbocycles. The van der Waals surface area contributed by atoms with E-state index in [2.05, 4.69) is 27.7 Å². The minimum absolute atomic E-state index is 0.530. The first-order valence-corrected chi connectivity index (χ1v) is 8.78. The van der Waals surface area contributed by atoms with Crippen LogP contribution in [0.3, 0.4) is 0 Å². The first-order chi connectivity index (χ1) is 11.8. The molecular formula is C17H26N4O2S. The van der Waals surface area contributed by atoms with Crippen LogP contribution in [0.5, 0.6) is 5.75 Å². The molecule has 1 saturated heterocycles. The van der Waals surface area contributed by atoms with Gasteiger partial charge in [-0.05, 0) is 48.5 Å². The van der Waals surface area contributed by atoms with E-state index in [9.17, 15) is 0 Å². The summed E-state index contributed by atoms with van der Waals surface area (Å²) in [6.07, 6.45) is 2.74. The number of morpholine rings is 1. The first kappa shape index (κ1) is 18.6. The van der Waals surface area contributed by atoms with E-state index in [0.717, 1.165) is 63.7 Å². The molecule has 0 atom stereocenters. The zero-order valence-electron chi connectivity index (χ0n) is 14.2. The maximum atomic E-state index is 5.54. The van der Waals surface area contributed by atoms with Crippen LogP contribution < -0.4 is 15.5 Å². The molecule has 24 heavy (non-hydrogen) atoms. The van der Waals surface area contributed by atoms with Crippen molar-refractivity contribution in [3.8, 4) is 5.75 Å². The van der Waals surface area contributed by atoms with Gasteiger partial charge in [-0.2, -0.15) is 5.10 Å². The van der Waals surface area contributed by atoms with Gasteiger partial charge in [0, 0.05) is 26.2 Å². The van der Waals surface area contributed by atoms with E-state index >= 15 is 0 Å². The fourth-order valence-corrected chi connectivity index (χ4v) is 2.38. The molecule has 132 valence electrons. The Hall–Kier alpha value is -1.70. The van der Waals surface area contributed by atoms with Gasteiger partial charge in [-0.15, -0.1) is 0 Å². The highest BCUT2D eigenvalue weighted by atomic mass is 32.1. The molecule has 2 rings (SSSR count). The van der Waals surface area contributed by atoms with E-state index in [-0.39, 0.29) is 0 Å². The van der Waals surface area contributed by atoms with Crippen LogP contribution in [0.25, 0.3) is 0 Å². The Bertz CT molecular complexity index is 516. The highest BCUT2D eigenvalue weighted by molar-refractivity contribution is 7.80. The van der Waals surface area contributed by atoms with Gasteiger partial charge in [0.2, 0.25) is 0 Å². The van der Waals surface area contributed by atoms with Crippen molar-refractivity contribution in [2.45, 2.75) is 13.3 Å². The van der Waals surface area contributed by atoms with Crippen molar-refractivity contribution in [3.63, 3.8) is 0 Å². The highest BCUT2D eigenvalue weighted by Crippen LogP contribution is 2.11. The molecule has 7 heteroatoms. The van der Waals surface area contributed by atoms with E-state index in [4.69, 9.17) is 21.7 Å².